The van der Waals surface area contributed by atoms with E-state index in [1.807, 2.05) is 0 Å². The lowest BCUT2D eigenvalue weighted by molar-refractivity contribution is -0.173. The van der Waals surface area contributed by atoms with Crippen LogP contribution in [0, 0.1) is 0 Å². The number of ether oxygens (including phenoxy) is 1. The van der Waals surface area contributed by atoms with E-state index in [-0.39, 0.29) is 13.0 Å². The monoisotopic (exact) mass is 276 g/mol. The van der Waals surface area contributed by atoms with Crippen LogP contribution in [-0.2, 0) is 14.4 Å². The zero-order valence-electron chi connectivity index (χ0n) is 12.0. The molecule has 0 N–H and O–H groups in total. The highest BCUT2D eigenvalue weighted by molar-refractivity contribution is 5.85. The Morgan fingerprint density at radius 2 is 1.95 bits per heavy atom. The molecule has 0 saturated carbocycles. The van der Waals surface area contributed by atoms with Crippen LogP contribution in [-0.4, -0.2) is 60.5 Å². The number of likely N-dealkylation sites (N-methyl/N-ethyl adjacent to an activating group) is 1. The molecule has 19 heavy (non-hydrogen) atoms. The van der Waals surface area contributed by atoms with Gasteiger partial charge < -0.3 is 4.74 Å². The topological polar surface area (TPSA) is 59.1 Å². The molecule has 0 aromatic heterocycles. The molecule has 1 rings (SSSR count). The second-order valence-electron chi connectivity index (χ2n) is 5.50. The molecule has 0 spiro atoms. The third kappa shape index (κ3) is 4.05. The smallest absolute Gasteiger partial charge is 0.411 e. The number of carbonyl (C=O) groups excluding carboxylic acids is 2. The zero-order valence-corrected chi connectivity index (χ0v) is 12.0. The van der Waals surface area contributed by atoms with Gasteiger partial charge in [-0.2, -0.15) is 0 Å². The minimum Gasteiger partial charge on any atom is -0.444 e. The maximum Gasteiger partial charge on any atom is 0.411 e. The highest BCUT2D eigenvalue weighted by Crippen LogP contribution is 2.24. The van der Waals surface area contributed by atoms with Gasteiger partial charge in [-0.05, 0) is 20.8 Å². The molecule has 1 unspecified atom stereocenters. The highest BCUT2D eigenvalue weighted by atomic mass is 19.1. The quantitative estimate of drug-likeness (QED) is 0.714. The average Bonchev–Trinajstić information content (AvgIpc) is 2.67. The molecule has 2 atom stereocenters. The van der Waals surface area contributed by atoms with Crippen molar-refractivity contribution < 1.29 is 23.6 Å². The molecule has 0 bridgehead atoms. The number of alkyl halides is 1. The second-order valence-corrected chi connectivity index (χ2v) is 5.50. The Bertz CT molecular complexity index is 356. The Morgan fingerprint density at radius 3 is 2.42 bits per heavy atom. The number of amides is 2. The summed E-state index contributed by atoms with van der Waals surface area (Å²) in [5, 5.41) is 0.986. The van der Waals surface area contributed by atoms with Gasteiger partial charge in [-0.25, -0.2) is 14.2 Å². The third-order valence-electron chi connectivity index (χ3n) is 2.75. The van der Waals surface area contributed by atoms with Gasteiger partial charge in [-0.1, -0.05) is 0 Å². The lowest BCUT2D eigenvalue weighted by Crippen LogP contribution is -2.47. The van der Waals surface area contributed by atoms with E-state index in [0.717, 1.165) is 9.96 Å². The molecule has 1 aliphatic rings. The Hall–Kier alpha value is -1.37. The third-order valence-corrected chi connectivity index (χ3v) is 2.75. The summed E-state index contributed by atoms with van der Waals surface area (Å²) < 4.78 is 18.7. The molecular weight excluding hydrogens is 255 g/mol. The fraction of sp³-hybridized carbons (Fsp3) is 0.833. The first-order valence-electron chi connectivity index (χ1n) is 6.11. The number of halogens is 1. The fourth-order valence-electron chi connectivity index (χ4n) is 1.84. The van der Waals surface area contributed by atoms with Crippen molar-refractivity contribution in [3.05, 3.63) is 0 Å². The van der Waals surface area contributed by atoms with E-state index in [1.54, 1.807) is 20.8 Å². The zero-order chi connectivity index (χ0) is 14.8. The number of carbonyl (C=O) groups is 2. The van der Waals surface area contributed by atoms with Gasteiger partial charge in [0, 0.05) is 13.5 Å². The van der Waals surface area contributed by atoms with Crippen LogP contribution in [0.4, 0.5) is 9.18 Å². The minimum atomic E-state index is -1.23. The van der Waals surface area contributed by atoms with E-state index in [0.29, 0.717) is 0 Å². The first-order chi connectivity index (χ1) is 8.65. The number of likely N-dealkylation sites (tertiary alicyclic amines) is 1. The molecule has 1 fully saturated rings. The second kappa shape index (κ2) is 5.73. The summed E-state index contributed by atoms with van der Waals surface area (Å²) in [6.07, 6.45) is -1.95. The lowest BCUT2D eigenvalue weighted by atomic mass is 10.2. The molecule has 0 aromatic rings. The van der Waals surface area contributed by atoms with Crippen LogP contribution in [0.15, 0.2) is 0 Å². The van der Waals surface area contributed by atoms with Crippen molar-refractivity contribution in [2.45, 2.75) is 45.0 Å². The molecular formula is C12H21FN2O4. The maximum absolute atomic E-state index is 13.5. The van der Waals surface area contributed by atoms with Gasteiger partial charge in [0.2, 0.25) is 0 Å². The van der Waals surface area contributed by atoms with Crippen LogP contribution in [0.2, 0.25) is 0 Å². The summed E-state index contributed by atoms with van der Waals surface area (Å²) in [6.45, 7) is 5.01. The van der Waals surface area contributed by atoms with E-state index in [9.17, 15) is 14.0 Å². The predicted molar refractivity (Wildman–Crippen MR) is 66.0 cm³/mol. The first-order valence-corrected chi connectivity index (χ1v) is 6.11. The molecule has 2 amide bonds. The number of hydroxylamine groups is 2. The van der Waals surface area contributed by atoms with Crippen molar-refractivity contribution in [3.8, 4) is 0 Å². The molecule has 0 aromatic carbocycles. The van der Waals surface area contributed by atoms with E-state index in [4.69, 9.17) is 9.57 Å². The molecule has 7 heteroatoms. The lowest BCUT2D eigenvalue weighted by Gasteiger charge is -2.29. The Kier molecular flexibility index (Phi) is 4.73. The molecule has 0 radical (unpaired) electrons. The summed E-state index contributed by atoms with van der Waals surface area (Å²) in [6, 6.07) is -0.880. The van der Waals surface area contributed by atoms with Crippen molar-refractivity contribution in [1.29, 1.82) is 0 Å². The Morgan fingerprint density at radius 1 is 1.37 bits per heavy atom. The van der Waals surface area contributed by atoms with Gasteiger partial charge >= 0.3 is 6.09 Å². The van der Waals surface area contributed by atoms with E-state index in [1.165, 1.54) is 14.2 Å². The van der Waals surface area contributed by atoms with E-state index in [2.05, 4.69) is 0 Å². The van der Waals surface area contributed by atoms with Crippen molar-refractivity contribution in [1.82, 2.24) is 9.96 Å². The molecule has 110 valence electrons. The predicted octanol–water partition coefficient (Wildman–Crippen LogP) is 1.35. The van der Waals surface area contributed by atoms with Crippen molar-refractivity contribution in [2.24, 2.45) is 0 Å². The van der Waals surface area contributed by atoms with Crippen LogP contribution in [0.3, 0.4) is 0 Å². The Balaban J connectivity index is 2.80. The van der Waals surface area contributed by atoms with Crippen molar-refractivity contribution in [2.75, 3.05) is 20.7 Å². The van der Waals surface area contributed by atoms with Gasteiger partial charge in [-0.15, -0.1) is 0 Å². The van der Waals surface area contributed by atoms with Crippen LogP contribution >= 0.6 is 0 Å². The van der Waals surface area contributed by atoms with Gasteiger partial charge in [0.05, 0.1) is 13.7 Å². The van der Waals surface area contributed by atoms with Crippen LogP contribution in [0.25, 0.3) is 0 Å². The minimum absolute atomic E-state index is 0.0359. The summed E-state index contributed by atoms with van der Waals surface area (Å²) in [4.78, 5) is 29.8. The maximum atomic E-state index is 13.5. The van der Waals surface area contributed by atoms with E-state index >= 15 is 0 Å². The molecule has 6 nitrogen and oxygen atoms in total. The first kappa shape index (κ1) is 15.7. The Labute approximate surface area is 112 Å². The molecule has 1 aliphatic heterocycles. The van der Waals surface area contributed by atoms with Crippen LogP contribution in [0.1, 0.15) is 27.2 Å². The molecule has 1 heterocycles. The largest absolute Gasteiger partial charge is 0.444 e. The molecule has 1 saturated heterocycles. The fourth-order valence-corrected chi connectivity index (χ4v) is 1.84. The summed E-state index contributed by atoms with van der Waals surface area (Å²) >= 11 is 0. The SMILES string of the molecule is CON(C)C(=O)[C@@H]1CC(F)CN1C(=O)OC(C)(C)C. The standard InChI is InChI=1S/C12H21FN2O4/c1-12(2,3)19-11(17)15-7-8(13)6-9(15)10(16)14(4)18-5/h8-9H,6-7H2,1-5H3/t8?,9-/m0/s1. The number of rotatable bonds is 2. The number of hydrogen-bond acceptors (Lipinski definition) is 4. The van der Waals surface area contributed by atoms with Crippen molar-refractivity contribution in [3.63, 3.8) is 0 Å². The summed E-state index contributed by atoms with van der Waals surface area (Å²) in [5.41, 5.74) is -0.688. The van der Waals surface area contributed by atoms with Crippen LogP contribution < -0.4 is 0 Å². The van der Waals surface area contributed by atoms with Gasteiger partial charge in [0.25, 0.3) is 5.91 Å². The number of nitrogens with zero attached hydrogens (tertiary/aromatic N) is 2. The van der Waals surface area contributed by atoms with Crippen molar-refractivity contribution >= 4 is 12.0 Å². The number of hydrogen-bond donors (Lipinski definition) is 0. The van der Waals surface area contributed by atoms with Gasteiger partial charge in [-0.3, -0.25) is 14.5 Å². The summed E-state index contributed by atoms with van der Waals surface area (Å²) in [5.74, 6) is -0.464. The van der Waals surface area contributed by atoms with Gasteiger partial charge in [0.1, 0.15) is 17.8 Å². The van der Waals surface area contributed by atoms with E-state index < -0.39 is 29.8 Å². The normalized spacial score (nSPS) is 23.4. The van der Waals surface area contributed by atoms with Gasteiger partial charge in [0.15, 0.2) is 0 Å². The average molecular weight is 276 g/mol. The molecule has 0 aliphatic carbocycles. The summed E-state index contributed by atoms with van der Waals surface area (Å²) in [7, 11) is 2.75. The highest BCUT2D eigenvalue weighted by Gasteiger charge is 2.42. The van der Waals surface area contributed by atoms with Crippen LogP contribution in [0.5, 0.6) is 0 Å².